The molecule has 5 heteroatoms. The molecule has 0 aliphatic carbocycles. The van der Waals surface area contributed by atoms with Crippen molar-refractivity contribution in [2.45, 2.75) is 20.4 Å². The van der Waals surface area contributed by atoms with Crippen molar-refractivity contribution >= 4 is 16.7 Å². The van der Waals surface area contributed by atoms with Crippen LogP contribution >= 0.6 is 11.5 Å². The highest BCUT2D eigenvalue weighted by Crippen LogP contribution is 2.14. The Balaban J connectivity index is 1.98. The largest absolute Gasteiger partial charge is 0.467 e. The SMILES string of the molecule is Cc1nsc(NCc2occc2C)n1. The number of aromatic nitrogens is 2. The number of anilines is 1. The lowest BCUT2D eigenvalue weighted by molar-refractivity contribution is 0.515. The van der Waals surface area contributed by atoms with Gasteiger partial charge in [-0.2, -0.15) is 4.37 Å². The lowest BCUT2D eigenvalue weighted by Crippen LogP contribution is -1.98. The maximum absolute atomic E-state index is 5.29. The van der Waals surface area contributed by atoms with Crippen LogP contribution in [0.15, 0.2) is 16.7 Å². The predicted molar refractivity (Wildman–Crippen MR) is 55.4 cm³/mol. The second-order valence-electron chi connectivity index (χ2n) is 3.03. The lowest BCUT2D eigenvalue weighted by atomic mass is 10.3. The number of rotatable bonds is 3. The van der Waals surface area contributed by atoms with E-state index in [1.165, 1.54) is 11.5 Å². The summed E-state index contributed by atoms with van der Waals surface area (Å²) in [5.41, 5.74) is 1.15. The van der Waals surface area contributed by atoms with Gasteiger partial charge < -0.3 is 9.73 Å². The molecule has 74 valence electrons. The van der Waals surface area contributed by atoms with Crippen LogP contribution in [0.2, 0.25) is 0 Å². The molecular formula is C9H11N3OS. The van der Waals surface area contributed by atoms with E-state index in [2.05, 4.69) is 14.7 Å². The predicted octanol–water partition coefficient (Wildman–Crippen LogP) is 2.36. The van der Waals surface area contributed by atoms with Crippen molar-refractivity contribution in [2.24, 2.45) is 0 Å². The third-order valence-corrected chi connectivity index (χ3v) is 2.66. The van der Waals surface area contributed by atoms with Crippen molar-refractivity contribution in [1.29, 1.82) is 0 Å². The fraction of sp³-hybridized carbons (Fsp3) is 0.333. The third kappa shape index (κ3) is 1.93. The molecule has 0 amide bonds. The molecule has 0 bridgehead atoms. The molecule has 0 atom stereocenters. The second-order valence-corrected chi connectivity index (χ2v) is 3.78. The van der Waals surface area contributed by atoms with E-state index in [1.54, 1.807) is 6.26 Å². The fourth-order valence-corrected chi connectivity index (χ4v) is 1.68. The normalized spacial score (nSPS) is 10.4. The van der Waals surface area contributed by atoms with E-state index in [-0.39, 0.29) is 0 Å². The zero-order valence-corrected chi connectivity index (χ0v) is 8.89. The molecule has 2 aromatic heterocycles. The van der Waals surface area contributed by atoms with Crippen LogP contribution in [0.1, 0.15) is 17.1 Å². The van der Waals surface area contributed by atoms with Crippen LogP contribution in [0.5, 0.6) is 0 Å². The second kappa shape index (κ2) is 3.79. The van der Waals surface area contributed by atoms with Crippen molar-refractivity contribution in [1.82, 2.24) is 9.36 Å². The summed E-state index contributed by atoms with van der Waals surface area (Å²) in [5.74, 6) is 1.74. The summed E-state index contributed by atoms with van der Waals surface area (Å²) < 4.78 is 9.36. The summed E-state index contributed by atoms with van der Waals surface area (Å²) in [7, 11) is 0. The quantitative estimate of drug-likeness (QED) is 0.843. The average Bonchev–Trinajstić information content (AvgIpc) is 2.72. The summed E-state index contributed by atoms with van der Waals surface area (Å²) in [6, 6.07) is 1.95. The highest BCUT2D eigenvalue weighted by molar-refractivity contribution is 7.09. The minimum atomic E-state index is 0.660. The first-order valence-corrected chi connectivity index (χ1v) is 5.10. The van der Waals surface area contributed by atoms with Crippen molar-refractivity contribution < 1.29 is 4.42 Å². The van der Waals surface area contributed by atoms with E-state index >= 15 is 0 Å². The fourth-order valence-electron chi connectivity index (χ4n) is 1.11. The molecule has 4 nitrogen and oxygen atoms in total. The van der Waals surface area contributed by atoms with E-state index < -0.39 is 0 Å². The van der Waals surface area contributed by atoms with Gasteiger partial charge in [0.25, 0.3) is 0 Å². The topological polar surface area (TPSA) is 51.0 Å². The van der Waals surface area contributed by atoms with Crippen LogP contribution in [0.4, 0.5) is 5.13 Å². The maximum Gasteiger partial charge on any atom is 0.202 e. The summed E-state index contributed by atoms with van der Waals surface area (Å²) in [4.78, 5) is 4.19. The zero-order chi connectivity index (χ0) is 9.97. The third-order valence-electron chi connectivity index (χ3n) is 1.90. The first-order valence-electron chi connectivity index (χ1n) is 4.33. The number of furan rings is 1. The van der Waals surface area contributed by atoms with E-state index in [4.69, 9.17) is 4.42 Å². The van der Waals surface area contributed by atoms with E-state index in [1.807, 2.05) is 19.9 Å². The maximum atomic E-state index is 5.29. The van der Waals surface area contributed by atoms with Gasteiger partial charge in [-0.25, -0.2) is 4.98 Å². The highest BCUT2D eigenvalue weighted by Gasteiger charge is 2.03. The van der Waals surface area contributed by atoms with Gasteiger partial charge in [0.15, 0.2) is 0 Å². The van der Waals surface area contributed by atoms with Crippen LogP contribution in [-0.4, -0.2) is 9.36 Å². The van der Waals surface area contributed by atoms with Gasteiger partial charge in [-0.1, -0.05) is 0 Å². The van der Waals surface area contributed by atoms with E-state index in [9.17, 15) is 0 Å². The standard InChI is InChI=1S/C9H11N3OS/c1-6-3-4-13-8(6)5-10-9-11-7(2)12-14-9/h3-4H,5H2,1-2H3,(H,10,11,12). The Morgan fingerprint density at radius 3 is 2.93 bits per heavy atom. The Bertz CT molecular complexity index is 421. The summed E-state index contributed by atoms with van der Waals surface area (Å²) in [6.07, 6.45) is 1.69. The van der Waals surface area contributed by atoms with Gasteiger partial charge in [-0.15, -0.1) is 0 Å². The van der Waals surface area contributed by atoms with Crippen molar-refractivity contribution in [2.75, 3.05) is 5.32 Å². The molecule has 1 N–H and O–H groups in total. The van der Waals surface area contributed by atoms with Gasteiger partial charge in [0.1, 0.15) is 11.6 Å². The van der Waals surface area contributed by atoms with Crippen LogP contribution in [-0.2, 0) is 6.54 Å². The number of hydrogen-bond acceptors (Lipinski definition) is 5. The van der Waals surface area contributed by atoms with E-state index in [0.29, 0.717) is 6.54 Å². The number of hydrogen-bond donors (Lipinski definition) is 1. The molecule has 0 saturated heterocycles. The number of nitrogens with zero attached hydrogens (tertiary/aromatic N) is 2. The molecule has 2 rings (SSSR count). The molecule has 0 saturated carbocycles. The van der Waals surface area contributed by atoms with Crippen molar-refractivity contribution in [3.8, 4) is 0 Å². The van der Waals surface area contributed by atoms with Crippen molar-refractivity contribution in [3.05, 3.63) is 29.5 Å². The van der Waals surface area contributed by atoms with Gasteiger partial charge in [-0.05, 0) is 25.5 Å². The molecule has 2 heterocycles. The lowest BCUT2D eigenvalue weighted by Gasteiger charge is -1.99. The molecule has 0 aliphatic heterocycles. The average molecular weight is 209 g/mol. The smallest absolute Gasteiger partial charge is 0.202 e. The minimum absolute atomic E-state index is 0.660. The Hall–Kier alpha value is -1.36. The van der Waals surface area contributed by atoms with Gasteiger partial charge in [-0.3, -0.25) is 0 Å². The molecule has 0 fully saturated rings. The van der Waals surface area contributed by atoms with Crippen LogP contribution in [0, 0.1) is 13.8 Å². The highest BCUT2D eigenvalue weighted by atomic mass is 32.1. The molecule has 14 heavy (non-hydrogen) atoms. The van der Waals surface area contributed by atoms with Crippen LogP contribution in [0.25, 0.3) is 0 Å². The van der Waals surface area contributed by atoms with E-state index in [0.717, 1.165) is 22.3 Å². The molecule has 0 aromatic carbocycles. The summed E-state index contributed by atoms with van der Waals surface area (Å²) in [5, 5.41) is 3.99. The monoisotopic (exact) mass is 209 g/mol. The molecule has 0 unspecified atom stereocenters. The minimum Gasteiger partial charge on any atom is -0.467 e. The molecule has 0 spiro atoms. The summed E-state index contributed by atoms with van der Waals surface area (Å²) >= 11 is 1.36. The number of nitrogens with one attached hydrogen (secondary N) is 1. The Kier molecular flexibility index (Phi) is 2.49. The Morgan fingerprint density at radius 1 is 1.50 bits per heavy atom. The first kappa shape index (κ1) is 9.21. The van der Waals surface area contributed by atoms with Gasteiger partial charge in [0, 0.05) is 11.5 Å². The van der Waals surface area contributed by atoms with Gasteiger partial charge >= 0.3 is 0 Å². The van der Waals surface area contributed by atoms with Crippen LogP contribution < -0.4 is 5.32 Å². The summed E-state index contributed by atoms with van der Waals surface area (Å²) in [6.45, 7) is 4.55. The molecule has 2 aromatic rings. The van der Waals surface area contributed by atoms with Gasteiger partial charge in [0.05, 0.1) is 12.8 Å². The first-order chi connectivity index (χ1) is 6.75. The Morgan fingerprint density at radius 2 is 2.36 bits per heavy atom. The number of aryl methyl sites for hydroxylation is 2. The Labute approximate surface area is 86.1 Å². The molecule has 0 aliphatic rings. The van der Waals surface area contributed by atoms with Crippen molar-refractivity contribution in [3.63, 3.8) is 0 Å². The molecular weight excluding hydrogens is 198 g/mol. The van der Waals surface area contributed by atoms with Gasteiger partial charge in [0.2, 0.25) is 5.13 Å². The van der Waals surface area contributed by atoms with Crippen LogP contribution in [0.3, 0.4) is 0 Å². The zero-order valence-electron chi connectivity index (χ0n) is 8.07. The molecule has 0 radical (unpaired) electrons.